The van der Waals surface area contributed by atoms with Gasteiger partial charge in [0.15, 0.2) is 12.4 Å². The number of amides is 1. The molecule has 1 N–H and O–H groups in total. The first-order chi connectivity index (χ1) is 7.58. The van der Waals surface area contributed by atoms with Gasteiger partial charge in [0.25, 0.3) is 5.91 Å². The van der Waals surface area contributed by atoms with Gasteiger partial charge < -0.3 is 10.1 Å². The van der Waals surface area contributed by atoms with Crippen LogP contribution in [0.4, 0.5) is 0 Å². The SMILES string of the molecule is CC(C)CCNC(=O)COc1cnn(C)c1. The van der Waals surface area contributed by atoms with Crippen LogP contribution in [0.5, 0.6) is 5.75 Å². The number of carbonyl (C=O) groups excluding carboxylic acids is 1. The van der Waals surface area contributed by atoms with Crippen LogP contribution in [0.1, 0.15) is 20.3 Å². The van der Waals surface area contributed by atoms with E-state index in [9.17, 15) is 4.79 Å². The van der Waals surface area contributed by atoms with Crippen molar-refractivity contribution >= 4 is 5.91 Å². The predicted octanol–water partition coefficient (Wildman–Crippen LogP) is 0.961. The highest BCUT2D eigenvalue weighted by Gasteiger charge is 2.03. The molecule has 0 saturated carbocycles. The molecule has 0 aliphatic carbocycles. The van der Waals surface area contributed by atoms with Crippen LogP contribution in [-0.2, 0) is 11.8 Å². The van der Waals surface area contributed by atoms with Gasteiger partial charge in [-0.15, -0.1) is 0 Å². The van der Waals surface area contributed by atoms with E-state index in [1.807, 2.05) is 0 Å². The van der Waals surface area contributed by atoms with Crippen LogP contribution in [0.25, 0.3) is 0 Å². The van der Waals surface area contributed by atoms with Gasteiger partial charge >= 0.3 is 0 Å². The van der Waals surface area contributed by atoms with Crippen molar-refractivity contribution in [1.82, 2.24) is 15.1 Å². The number of hydrogen-bond donors (Lipinski definition) is 1. The van der Waals surface area contributed by atoms with Gasteiger partial charge in [-0.2, -0.15) is 5.10 Å². The second kappa shape index (κ2) is 6.15. The van der Waals surface area contributed by atoms with Gasteiger partial charge in [-0.1, -0.05) is 13.8 Å². The number of carbonyl (C=O) groups is 1. The summed E-state index contributed by atoms with van der Waals surface area (Å²) in [5, 5.41) is 6.74. The third kappa shape index (κ3) is 4.82. The molecule has 0 saturated heterocycles. The first-order valence-electron chi connectivity index (χ1n) is 5.46. The fraction of sp³-hybridized carbons (Fsp3) is 0.636. The number of aryl methyl sites for hydroxylation is 1. The van der Waals surface area contributed by atoms with Gasteiger partial charge in [0.2, 0.25) is 0 Å². The van der Waals surface area contributed by atoms with E-state index in [2.05, 4.69) is 24.3 Å². The monoisotopic (exact) mass is 225 g/mol. The van der Waals surface area contributed by atoms with E-state index in [1.165, 1.54) is 0 Å². The molecule has 5 nitrogen and oxygen atoms in total. The highest BCUT2D eigenvalue weighted by atomic mass is 16.5. The van der Waals surface area contributed by atoms with Crippen molar-refractivity contribution in [3.05, 3.63) is 12.4 Å². The lowest BCUT2D eigenvalue weighted by molar-refractivity contribution is -0.123. The zero-order valence-electron chi connectivity index (χ0n) is 10.1. The third-order valence-corrected chi connectivity index (χ3v) is 2.09. The zero-order chi connectivity index (χ0) is 12.0. The van der Waals surface area contributed by atoms with Crippen molar-refractivity contribution in [3.8, 4) is 5.75 Å². The van der Waals surface area contributed by atoms with E-state index in [1.54, 1.807) is 24.1 Å². The summed E-state index contributed by atoms with van der Waals surface area (Å²) >= 11 is 0. The van der Waals surface area contributed by atoms with E-state index in [4.69, 9.17) is 4.74 Å². The van der Waals surface area contributed by atoms with Gasteiger partial charge in [0.1, 0.15) is 0 Å². The standard InChI is InChI=1S/C11H19N3O2/c1-9(2)4-5-12-11(15)8-16-10-6-13-14(3)7-10/h6-7,9H,4-5,8H2,1-3H3,(H,12,15). The maximum Gasteiger partial charge on any atom is 0.257 e. The molecular formula is C11H19N3O2. The van der Waals surface area contributed by atoms with Gasteiger partial charge in [-0.25, -0.2) is 0 Å². The quantitative estimate of drug-likeness (QED) is 0.784. The Labute approximate surface area is 95.8 Å². The Kier molecular flexibility index (Phi) is 4.82. The fourth-order valence-corrected chi connectivity index (χ4v) is 1.17. The molecule has 0 aliphatic heterocycles. The fourth-order valence-electron chi connectivity index (χ4n) is 1.17. The van der Waals surface area contributed by atoms with E-state index >= 15 is 0 Å². The van der Waals surface area contributed by atoms with Gasteiger partial charge in [-0.3, -0.25) is 9.48 Å². The smallest absolute Gasteiger partial charge is 0.257 e. The highest BCUT2D eigenvalue weighted by molar-refractivity contribution is 5.77. The Hall–Kier alpha value is -1.52. The second-order valence-electron chi connectivity index (χ2n) is 4.17. The summed E-state index contributed by atoms with van der Waals surface area (Å²) in [6.45, 7) is 4.99. The Morgan fingerprint density at radius 2 is 2.38 bits per heavy atom. The van der Waals surface area contributed by atoms with Crippen molar-refractivity contribution in [3.63, 3.8) is 0 Å². The van der Waals surface area contributed by atoms with Crippen LogP contribution < -0.4 is 10.1 Å². The van der Waals surface area contributed by atoms with Crippen LogP contribution in [0, 0.1) is 5.92 Å². The molecule has 0 radical (unpaired) electrons. The van der Waals surface area contributed by atoms with Crippen molar-refractivity contribution in [2.75, 3.05) is 13.2 Å². The van der Waals surface area contributed by atoms with Crippen LogP contribution in [0.2, 0.25) is 0 Å². The molecule has 0 aromatic carbocycles. The molecular weight excluding hydrogens is 206 g/mol. The van der Waals surface area contributed by atoms with Crippen LogP contribution in [0.15, 0.2) is 12.4 Å². The second-order valence-corrected chi connectivity index (χ2v) is 4.17. The summed E-state index contributed by atoms with van der Waals surface area (Å²) in [6, 6.07) is 0. The third-order valence-electron chi connectivity index (χ3n) is 2.09. The van der Waals surface area contributed by atoms with Crippen molar-refractivity contribution in [1.29, 1.82) is 0 Å². The molecule has 0 fully saturated rings. The van der Waals surface area contributed by atoms with Crippen molar-refractivity contribution in [2.24, 2.45) is 13.0 Å². The molecule has 0 spiro atoms. The molecule has 16 heavy (non-hydrogen) atoms. The molecule has 1 heterocycles. The van der Waals surface area contributed by atoms with Gasteiger partial charge in [0, 0.05) is 13.6 Å². The first kappa shape index (κ1) is 12.5. The Morgan fingerprint density at radius 3 is 2.94 bits per heavy atom. The van der Waals surface area contributed by atoms with E-state index in [0.717, 1.165) is 6.42 Å². The zero-order valence-corrected chi connectivity index (χ0v) is 10.1. The normalized spacial score (nSPS) is 10.5. The first-order valence-corrected chi connectivity index (χ1v) is 5.46. The summed E-state index contributed by atoms with van der Waals surface area (Å²) in [5.41, 5.74) is 0. The Balaban J connectivity index is 2.15. The van der Waals surface area contributed by atoms with Gasteiger partial charge in [0.05, 0.1) is 12.4 Å². The molecule has 1 rings (SSSR count). The molecule has 1 aromatic heterocycles. The van der Waals surface area contributed by atoms with Crippen LogP contribution in [-0.4, -0.2) is 28.8 Å². The molecule has 0 aliphatic rings. The Bertz CT molecular complexity index is 334. The minimum Gasteiger partial charge on any atom is -0.480 e. The lowest BCUT2D eigenvalue weighted by Gasteiger charge is -2.07. The maximum absolute atomic E-state index is 11.3. The van der Waals surface area contributed by atoms with Gasteiger partial charge in [-0.05, 0) is 12.3 Å². The van der Waals surface area contributed by atoms with Crippen LogP contribution in [0.3, 0.4) is 0 Å². The number of hydrogen-bond acceptors (Lipinski definition) is 3. The van der Waals surface area contributed by atoms with Crippen LogP contribution >= 0.6 is 0 Å². The molecule has 1 amide bonds. The molecule has 0 atom stereocenters. The number of rotatable bonds is 6. The number of nitrogens with zero attached hydrogens (tertiary/aromatic N) is 2. The maximum atomic E-state index is 11.3. The number of nitrogens with one attached hydrogen (secondary N) is 1. The number of ether oxygens (including phenoxy) is 1. The molecule has 5 heteroatoms. The van der Waals surface area contributed by atoms with Crippen molar-refractivity contribution in [2.45, 2.75) is 20.3 Å². The van der Waals surface area contributed by atoms with E-state index in [-0.39, 0.29) is 12.5 Å². The molecule has 1 aromatic rings. The average molecular weight is 225 g/mol. The number of aromatic nitrogens is 2. The minimum absolute atomic E-state index is 0.0454. The van der Waals surface area contributed by atoms with E-state index < -0.39 is 0 Å². The highest BCUT2D eigenvalue weighted by Crippen LogP contribution is 2.06. The minimum atomic E-state index is -0.0931. The summed E-state index contributed by atoms with van der Waals surface area (Å²) in [5.74, 6) is 1.12. The summed E-state index contributed by atoms with van der Waals surface area (Å²) in [4.78, 5) is 11.3. The summed E-state index contributed by atoms with van der Waals surface area (Å²) in [6.07, 6.45) is 4.29. The average Bonchev–Trinajstić information content (AvgIpc) is 2.61. The predicted molar refractivity (Wildman–Crippen MR) is 61.2 cm³/mol. The lowest BCUT2D eigenvalue weighted by Crippen LogP contribution is -2.30. The molecule has 0 bridgehead atoms. The topological polar surface area (TPSA) is 56.1 Å². The lowest BCUT2D eigenvalue weighted by atomic mass is 10.1. The largest absolute Gasteiger partial charge is 0.480 e. The molecule has 90 valence electrons. The summed E-state index contributed by atoms with van der Waals surface area (Å²) in [7, 11) is 1.80. The summed E-state index contributed by atoms with van der Waals surface area (Å²) < 4.78 is 6.88. The Morgan fingerprint density at radius 1 is 1.62 bits per heavy atom. The van der Waals surface area contributed by atoms with Crippen molar-refractivity contribution < 1.29 is 9.53 Å². The van der Waals surface area contributed by atoms with E-state index in [0.29, 0.717) is 18.2 Å². The molecule has 0 unspecified atom stereocenters.